The first-order valence-corrected chi connectivity index (χ1v) is 7.91. The minimum absolute atomic E-state index is 0.416. The van der Waals surface area contributed by atoms with Gasteiger partial charge < -0.3 is 10.5 Å². The summed E-state index contributed by atoms with van der Waals surface area (Å²) >= 11 is 4.98. The molecule has 110 valence electrons. The summed E-state index contributed by atoms with van der Waals surface area (Å²) in [6.45, 7) is 4.13. The standard InChI is InChI=1S/C16H24N2OS/c17-16(20)14-7-6-8-15(13-14)19-12-11-18-9-4-2-1-3-5-10-18/h6-8,13H,1-5,9-12H2,(H2,17,20). The molecule has 1 aliphatic heterocycles. The van der Waals surface area contributed by atoms with Crippen LogP contribution in [0.25, 0.3) is 0 Å². The minimum Gasteiger partial charge on any atom is -0.492 e. The van der Waals surface area contributed by atoms with E-state index in [1.807, 2.05) is 24.3 Å². The molecule has 1 fully saturated rings. The van der Waals surface area contributed by atoms with E-state index in [1.54, 1.807) is 0 Å². The number of likely N-dealkylation sites (tertiary alicyclic amines) is 1. The maximum atomic E-state index is 5.81. The number of ether oxygens (including phenoxy) is 1. The number of nitrogens with zero attached hydrogens (tertiary/aromatic N) is 1. The van der Waals surface area contributed by atoms with Crippen LogP contribution in [0.1, 0.15) is 37.7 Å². The Bertz CT molecular complexity index is 428. The van der Waals surface area contributed by atoms with Crippen molar-refractivity contribution in [1.82, 2.24) is 4.90 Å². The van der Waals surface area contributed by atoms with E-state index in [2.05, 4.69) is 4.90 Å². The SMILES string of the molecule is NC(=S)c1cccc(OCCN2CCCCCCC2)c1. The molecule has 0 bridgehead atoms. The molecule has 4 heteroatoms. The van der Waals surface area contributed by atoms with Crippen molar-refractivity contribution >= 4 is 17.2 Å². The number of hydrogen-bond acceptors (Lipinski definition) is 3. The second kappa shape index (κ2) is 8.22. The molecule has 1 aliphatic rings. The summed E-state index contributed by atoms with van der Waals surface area (Å²) in [6.07, 6.45) is 6.77. The first-order chi connectivity index (χ1) is 9.75. The van der Waals surface area contributed by atoms with E-state index in [9.17, 15) is 0 Å². The molecule has 0 saturated carbocycles. The van der Waals surface area contributed by atoms with Gasteiger partial charge in [-0.1, -0.05) is 43.6 Å². The Hall–Kier alpha value is -1.13. The fourth-order valence-corrected chi connectivity index (χ4v) is 2.70. The van der Waals surface area contributed by atoms with Gasteiger partial charge in [-0.25, -0.2) is 0 Å². The highest BCUT2D eigenvalue weighted by atomic mass is 32.1. The third-order valence-electron chi connectivity index (χ3n) is 3.74. The van der Waals surface area contributed by atoms with Gasteiger partial charge in [0, 0.05) is 12.1 Å². The summed E-state index contributed by atoms with van der Waals surface area (Å²) in [4.78, 5) is 2.93. The van der Waals surface area contributed by atoms with Crippen LogP contribution in [0.4, 0.5) is 0 Å². The third-order valence-corrected chi connectivity index (χ3v) is 3.98. The van der Waals surface area contributed by atoms with Crippen LogP contribution in [0, 0.1) is 0 Å². The van der Waals surface area contributed by atoms with Crippen molar-refractivity contribution in [3.8, 4) is 5.75 Å². The summed E-state index contributed by atoms with van der Waals surface area (Å²) in [5.74, 6) is 0.849. The Balaban J connectivity index is 1.77. The van der Waals surface area contributed by atoms with Gasteiger partial charge in [-0.15, -0.1) is 0 Å². The molecule has 0 aromatic heterocycles. The monoisotopic (exact) mass is 292 g/mol. The largest absolute Gasteiger partial charge is 0.492 e. The van der Waals surface area contributed by atoms with Crippen LogP contribution in [0.5, 0.6) is 5.75 Å². The number of thiocarbonyl (C=S) groups is 1. The molecule has 0 radical (unpaired) electrons. The van der Waals surface area contributed by atoms with Gasteiger partial charge in [-0.05, 0) is 38.1 Å². The van der Waals surface area contributed by atoms with Crippen LogP contribution in [0.2, 0.25) is 0 Å². The molecule has 1 saturated heterocycles. The molecule has 0 amide bonds. The van der Waals surface area contributed by atoms with Crippen LogP contribution >= 0.6 is 12.2 Å². The lowest BCUT2D eigenvalue weighted by molar-refractivity contribution is 0.195. The summed E-state index contributed by atoms with van der Waals surface area (Å²) < 4.78 is 5.81. The van der Waals surface area contributed by atoms with Crippen LogP contribution in [0.15, 0.2) is 24.3 Å². The van der Waals surface area contributed by atoms with Crippen molar-refractivity contribution < 1.29 is 4.74 Å². The van der Waals surface area contributed by atoms with Gasteiger partial charge in [-0.3, -0.25) is 4.90 Å². The average molecular weight is 292 g/mol. The maximum Gasteiger partial charge on any atom is 0.120 e. The Kier molecular flexibility index (Phi) is 6.27. The molecule has 1 aromatic rings. The molecule has 0 spiro atoms. The van der Waals surface area contributed by atoms with E-state index < -0.39 is 0 Å². The van der Waals surface area contributed by atoms with Gasteiger partial charge in [0.2, 0.25) is 0 Å². The van der Waals surface area contributed by atoms with E-state index in [1.165, 1.54) is 45.2 Å². The van der Waals surface area contributed by atoms with Gasteiger partial charge in [0.25, 0.3) is 0 Å². The van der Waals surface area contributed by atoms with Crippen LogP contribution in [-0.2, 0) is 0 Å². The number of benzene rings is 1. The fraction of sp³-hybridized carbons (Fsp3) is 0.562. The normalized spacial score (nSPS) is 17.2. The zero-order chi connectivity index (χ0) is 14.2. The Labute approximate surface area is 127 Å². The lowest BCUT2D eigenvalue weighted by Crippen LogP contribution is -2.31. The molecule has 20 heavy (non-hydrogen) atoms. The van der Waals surface area contributed by atoms with Crippen LogP contribution < -0.4 is 10.5 Å². The highest BCUT2D eigenvalue weighted by Crippen LogP contribution is 2.14. The topological polar surface area (TPSA) is 38.5 Å². The van der Waals surface area contributed by atoms with Crippen molar-refractivity contribution in [2.24, 2.45) is 5.73 Å². The molecular weight excluding hydrogens is 268 g/mol. The van der Waals surface area contributed by atoms with Crippen molar-refractivity contribution in [3.05, 3.63) is 29.8 Å². The third kappa shape index (κ3) is 5.10. The van der Waals surface area contributed by atoms with Gasteiger partial charge in [0.1, 0.15) is 17.3 Å². The Morgan fingerprint density at radius 1 is 1.15 bits per heavy atom. The van der Waals surface area contributed by atoms with E-state index >= 15 is 0 Å². The van der Waals surface area contributed by atoms with E-state index in [4.69, 9.17) is 22.7 Å². The van der Waals surface area contributed by atoms with Gasteiger partial charge >= 0.3 is 0 Å². The summed E-state index contributed by atoms with van der Waals surface area (Å²) in [7, 11) is 0. The predicted octanol–water partition coefficient (Wildman–Crippen LogP) is 2.97. The van der Waals surface area contributed by atoms with Gasteiger partial charge in [-0.2, -0.15) is 0 Å². The fourth-order valence-electron chi connectivity index (χ4n) is 2.57. The van der Waals surface area contributed by atoms with Crippen LogP contribution in [-0.4, -0.2) is 36.1 Å². The van der Waals surface area contributed by atoms with Crippen molar-refractivity contribution in [2.45, 2.75) is 32.1 Å². The van der Waals surface area contributed by atoms with Crippen molar-refractivity contribution in [3.63, 3.8) is 0 Å². The van der Waals surface area contributed by atoms with Gasteiger partial charge in [0.05, 0.1) is 0 Å². The molecular formula is C16H24N2OS. The second-order valence-corrected chi connectivity index (χ2v) is 5.79. The van der Waals surface area contributed by atoms with Crippen LogP contribution in [0.3, 0.4) is 0 Å². The Morgan fingerprint density at radius 2 is 1.85 bits per heavy atom. The lowest BCUT2D eigenvalue weighted by Gasteiger charge is -2.24. The average Bonchev–Trinajstić information content (AvgIpc) is 2.41. The first kappa shape index (κ1) is 15.3. The molecule has 2 rings (SSSR count). The molecule has 1 heterocycles. The quantitative estimate of drug-likeness (QED) is 0.847. The minimum atomic E-state index is 0.416. The second-order valence-electron chi connectivity index (χ2n) is 5.35. The lowest BCUT2D eigenvalue weighted by atomic mass is 10.1. The molecule has 0 atom stereocenters. The highest BCUT2D eigenvalue weighted by Gasteiger charge is 2.08. The van der Waals surface area contributed by atoms with E-state index in [0.717, 1.165) is 24.5 Å². The molecule has 2 N–H and O–H groups in total. The summed E-state index contributed by atoms with van der Waals surface area (Å²) in [5.41, 5.74) is 6.49. The molecule has 3 nitrogen and oxygen atoms in total. The van der Waals surface area contributed by atoms with Crippen molar-refractivity contribution in [2.75, 3.05) is 26.2 Å². The number of hydrogen-bond donors (Lipinski definition) is 1. The van der Waals surface area contributed by atoms with Crippen molar-refractivity contribution in [1.29, 1.82) is 0 Å². The summed E-state index contributed by atoms with van der Waals surface area (Å²) in [6, 6.07) is 7.71. The molecule has 1 aromatic carbocycles. The summed E-state index contributed by atoms with van der Waals surface area (Å²) in [5, 5.41) is 0. The number of nitrogens with two attached hydrogens (primary N) is 1. The zero-order valence-electron chi connectivity index (χ0n) is 12.0. The smallest absolute Gasteiger partial charge is 0.120 e. The zero-order valence-corrected chi connectivity index (χ0v) is 12.8. The highest BCUT2D eigenvalue weighted by molar-refractivity contribution is 7.80. The van der Waals surface area contributed by atoms with E-state index in [0.29, 0.717) is 4.99 Å². The molecule has 0 unspecified atom stereocenters. The molecule has 0 aliphatic carbocycles. The maximum absolute atomic E-state index is 5.81. The van der Waals surface area contributed by atoms with Gasteiger partial charge in [0.15, 0.2) is 0 Å². The Morgan fingerprint density at radius 3 is 2.55 bits per heavy atom. The first-order valence-electron chi connectivity index (χ1n) is 7.51. The number of rotatable bonds is 5. The van der Waals surface area contributed by atoms with E-state index in [-0.39, 0.29) is 0 Å². The predicted molar refractivity (Wildman–Crippen MR) is 87.3 cm³/mol.